The first-order valence-corrected chi connectivity index (χ1v) is 19.4. The number of phosphoric acid groups is 1. The van der Waals surface area contributed by atoms with E-state index in [0.29, 0.717) is 13.2 Å². The monoisotopic (exact) mass is 524 g/mol. The molecule has 0 radical (unpaired) electrons. The summed E-state index contributed by atoms with van der Waals surface area (Å²) in [6.45, 7) is 11.7. The Labute approximate surface area is 214 Å². The summed E-state index contributed by atoms with van der Waals surface area (Å²) >= 11 is 0. The van der Waals surface area contributed by atoms with Crippen LogP contribution in [0, 0.1) is 0 Å². The normalized spacial score (nSPS) is 13.8. The van der Waals surface area contributed by atoms with Crippen LogP contribution in [-0.4, -0.2) is 37.9 Å². The van der Waals surface area contributed by atoms with E-state index in [1.165, 1.54) is 51.4 Å². The molecular formula is C28H62O4P2. The van der Waals surface area contributed by atoms with Gasteiger partial charge in [0, 0.05) is 0 Å². The minimum atomic E-state index is -3.59. The number of hydrogen-bond acceptors (Lipinski definition) is 4. The van der Waals surface area contributed by atoms with E-state index in [4.69, 9.17) is 13.4 Å². The van der Waals surface area contributed by atoms with Crippen molar-refractivity contribution in [3.05, 3.63) is 0 Å². The van der Waals surface area contributed by atoms with Crippen molar-refractivity contribution in [2.45, 2.75) is 144 Å². The van der Waals surface area contributed by atoms with Gasteiger partial charge in [0.15, 0.2) is 0 Å². The van der Waals surface area contributed by atoms with Crippen LogP contribution in [0.15, 0.2) is 0 Å². The number of phosphoric ester groups is 1. The second-order valence-electron chi connectivity index (χ2n) is 10.5. The molecular weight excluding hydrogens is 462 g/mol. The first-order chi connectivity index (χ1) is 16.4. The van der Waals surface area contributed by atoms with Crippen molar-refractivity contribution in [2.75, 3.05) is 37.9 Å². The van der Waals surface area contributed by atoms with E-state index in [1.54, 1.807) is 0 Å². The Bertz CT molecular complexity index is 455. The third-order valence-corrected chi connectivity index (χ3v) is 16.9. The summed E-state index contributed by atoms with van der Waals surface area (Å²) in [4.78, 5) is 0. The zero-order valence-corrected chi connectivity index (χ0v) is 25.9. The number of unbranched alkanes of at least 4 members (excludes halogenated alkanes) is 10. The molecule has 0 N–H and O–H groups in total. The average molecular weight is 525 g/mol. The van der Waals surface area contributed by atoms with E-state index < -0.39 is 14.7 Å². The number of rotatable bonds is 26. The first kappa shape index (κ1) is 34.5. The first-order valence-electron chi connectivity index (χ1n) is 15.0. The van der Waals surface area contributed by atoms with Gasteiger partial charge in [-0.15, -0.1) is 0 Å². The fourth-order valence-corrected chi connectivity index (χ4v) is 16.2. The summed E-state index contributed by atoms with van der Waals surface area (Å²) in [5.41, 5.74) is 0. The van der Waals surface area contributed by atoms with Gasteiger partial charge in [0.25, 0.3) is 0 Å². The molecule has 0 bridgehead atoms. The van der Waals surface area contributed by atoms with Gasteiger partial charge in [-0.1, -0.05) is 0 Å². The van der Waals surface area contributed by atoms with Gasteiger partial charge < -0.3 is 0 Å². The zero-order chi connectivity index (χ0) is 25.6. The Hall–Kier alpha value is 0.540. The van der Waals surface area contributed by atoms with Crippen molar-refractivity contribution in [1.29, 1.82) is 0 Å². The van der Waals surface area contributed by atoms with Gasteiger partial charge in [0.2, 0.25) is 0 Å². The molecule has 0 unspecified atom stereocenters. The standard InChI is InChI=1S/C28H62O4P2/c1-7-13-15-17-19-21-23-30-33(29,31-24-22-20-18-16-14-8-2)32-34(25-9-3,26-10-4,27-11-5)28-12-6/h7-28H2,1-6H3. The summed E-state index contributed by atoms with van der Waals surface area (Å²) in [5, 5.41) is 0. The van der Waals surface area contributed by atoms with Crippen molar-refractivity contribution in [3.8, 4) is 0 Å². The second-order valence-corrected chi connectivity index (χ2v) is 18.1. The third kappa shape index (κ3) is 14.3. The maximum absolute atomic E-state index is 14.2. The van der Waals surface area contributed by atoms with Gasteiger partial charge >= 0.3 is 215 Å². The Kier molecular flexibility index (Phi) is 20.9. The fraction of sp³-hybridized carbons (Fsp3) is 1.00. The van der Waals surface area contributed by atoms with E-state index in [2.05, 4.69) is 41.5 Å². The molecule has 208 valence electrons. The van der Waals surface area contributed by atoms with Gasteiger partial charge in [0.1, 0.15) is 0 Å². The molecule has 34 heavy (non-hydrogen) atoms. The molecule has 0 amide bonds. The Morgan fingerprint density at radius 1 is 0.471 bits per heavy atom. The van der Waals surface area contributed by atoms with Crippen LogP contribution in [0.25, 0.3) is 0 Å². The molecule has 0 aliphatic rings. The summed E-state index contributed by atoms with van der Waals surface area (Å²) in [7, 11) is -3.59. The van der Waals surface area contributed by atoms with Gasteiger partial charge in [-0.2, -0.15) is 0 Å². The van der Waals surface area contributed by atoms with Crippen LogP contribution in [0.2, 0.25) is 0 Å². The van der Waals surface area contributed by atoms with Gasteiger partial charge in [-0.05, 0) is 0 Å². The second kappa shape index (κ2) is 20.6. The third-order valence-electron chi connectivity index (χ3n) is 6.98. The molecule has 0 atom stereocenters. The molecule has 6 heteroatoms. The predicted octanol–water partition coefficient (Wildman–Crippen LogP) is 11.0. The van der Waals surface area contributed by atoms with Gasteiger partial charge in [0.05, 0.1) is 0 Å². The van der Waals surface area contributed by atoms with Crippen molar-refractivity contribution < 1.29 is 17.9 Å². The van der Waals surface area contributed by atoms with E-state index in [0.717, 1.165) is 76.0 Å². The molecule has 0 saturated heterocycles. The van der Waals surface area contributed by atoms with Crippen molar-refractivity contribution in [2.24, 2.45) is 0 Å². The van der Waals surface area contributed by atoms with E-state index in [-0.39, 0.29) is 0 Å². The van der Waals surface area contributed by atoms with Crippen LogP contribution in [0.1, 0.15) is 144 Å². The Morgan fingerprint density at radius 2 is 0.794 bits per heavy atom. The predicted molar refractivity (Wildman–Crippen MR) is 155 cm³/mol. The van der Waals surface area contributed by atoms with E-state index in [1.807, 2.05) is 0 Å². The van der Waals surface area contributed by atoms with Crippen LogP contribution in [0.5, 0.6) is 0 Å². The van der Waals surface area contributed by atoms with Crippen LogP contribution >= 0.6 is 14.7 Å². The average Bonchev–Trinajstić information content (AvgIpc) is 2.78. The van der Waals surface area contributed by atoms with Crippen LogP contribution in [-0.2, 0) is 17.9 Å². The topological polar surface area (TPSA) is 44.8 Å². The molecule has 0 aliphatic heterocycles. The molecule has 0 spiro atoms. The molecule has 0 aromatic heterocycles. The molecule has 0 heterocycles. The molecule has 0 aliphatic carbocycles. The number of hydrogen-bond donors (Lipinski definition) is 0. The molecule has 0 aromatic carbocycles. The molecule has 0 fully saturated rings. The molecule has 0 saturated carbocycles. The van der Waals surface area contributed by atoms with Gasteiger partial charge in [-0.3, -0.25) is 0 Å². The SMILES string of the molecule is CCCCCCCCOP(=O)(OCCCCCCCC)OP(CCC)(CCC)(CCC)CCC. The van der Waals surface area contributed by atoms with Crippen molar-refractivity contribution in [1.82, 2.24) is 0 Å². The van der Waals surface area contributed by atoms with Crippen molar-refractivity contribution >= 4 is 14.7 Å². The zero-order valence-electron chi connectivity index (χ0n) is 24.1. The van der Waals surface area contributed by atoms with Crippen LogP contribution in [0.3, 0.4) is 0 Å². The van der Waals surface area contributed by atoms with E-state index in [9.17, 15) is 4.57 Å². The summed E-state index contributed by atoms with van der Waals surface area (Å²) in [6, 6.07) is 0. The summed E-state index contributed by atoms with van der Waals surface area (Å²) in [6.07, 6.45) is 22.6. The summed E-state index contributed by atoms with van der Waals surface area (Å²) in [5.74, 6) is 0. The van der Waals surface area contributed by atoms with E-state index >= 15 is 0 Å². The quantitative estimate of drug-likeness (QED) is 0.0833. The Morgan fingerprint density at radius 3 is 1.12 bits per heavy atom. The molecule has 0 aromatic rings. The summed E-state index contributed by atoms with van der Waals surface area (Å²) < 4.78 is 33.3. The van der Waals surface area contributed by atoms with Crippen LogP contribution in [0.4, 0.5) is 0 Å². The molecule has 4 nitrogen and oxygen atoms in total. The Balaban J connectivity index is 5.40. The molecule has 0 rings (SSSR count). The fourth-order valence-electron chi connectivity index (χ4n) is 5.58. The van der Waals surface area contributed by atoms with Gasteiger partial charge in [-0.25, -0.2) is 0 Å². The van der Waals surface area contributed by atoms with Crippen LogP contribution < -0.4 is 0 Å². The van der Waals surface area contributed by atoms with Crippen molar-refractivity contribution in [3.63, 3.8) is 0 Å². The minimum absolute atomic E-state index is 0.475. The maximum atomic E-state index is 14.2.